The number of aliphatic hydroxyl groups is 1. The number of hydrogen-bond acceptors (Lipinski definition) is 7. The highest BCUT2D eigenvalue weighted by molar-refractivity contribution is 6.07. The number of para-hydroxylation sites is 3. The molecule has 4 atom stereocenters. The Morgan fingerprint density at radius 1 is 1.02 bits per heavy atom. The first-order chi connectivity index (χ1) is 22.6. The van der Waals surface area contributed by atoms with Crippen LogP contribution < -0.4 is 14.5 Å². The summed E-state index contributed by atoms with van der Waals surface area (Å²) < 4.78 is 30.1. The van der Waals surface area contributed by atoms with Crippen LogP contribution in [0.25, 0.3) is 0 Å². The fourth-order valence-electron chi connectivity index (χ4n) is 7.68. The largest absolute Gasteiger partial charge is 0.482 e. The van der Waals surface area contributed by atoms with E-state index in [9.17, 15) is 14.7 Å². The second kappa shape index (κ2) is 11.9. The number of aryl methyl sites for hydroxylation is 1. The van der Waals surface area contributed by atoms with Crippen LogP contribution in [0.5, 0.6) is 5.75 Å². The number of halogens is 1. The average Bonchev–Trinajstić information content (AvgIpc) is 3.70. The van der Waals surface area contributed by atoms with Crippen LogP contribution in [0.1, 0.15) is 44.0 Å². The molecule has 0 saturated carbocycles. The number of benzene rings is 3. The first kappa shape index (κ1) is 31.0. The maximum absolute atomic E-state index is 16.0. The van der Waals surface area contributed by atoms with Crippen molar-refractivity contribution >= 4 is 28.9 Å². The van der Waals surface area contributed by atoms with Gasteiger partial charge in [-0.25, -0.2) is 4.39 Å². The molecule has 7 rings (SSSR count). The Labute approximate surface area is 272 Å². The Bertz CT molecular complexity index is 1800. The maximum Gasteiger partial charge on any atom is 0.269 e. The van der Waals surface area contributed by atoms with Gasteiger partial charge in [-0.1, -0.05) is 54.6 Å². The molecular formula is C36H38FN5O5. The van der Waals surface area contributed by atoms with Gasteiger partial charge in [0.1, 0.15) is 11.4 Å². The zero-order chi connectivity index (χ0) is 32.9. The molecule has 2 amide bonds. The van der Waals surface area contributed by atoms with Gasteiger partial charge in [-0.3, -0.25) is 19.2 Å². The summed E-state index contributed by atoms with van der Waals surface area (Å²) in [4.78, 5) is 30.9. The van der Waals surface area contributed by atoms with Crippen LogP contribution >= 0.6 is 0 Å². The van der Waals surface area contributed by atoms with Crippen LogP contribution in [-0.4, -0.2) is 56.9 Å². The molecule has 1 spiro atoms. The van der Waals surface area contributed by atoms with Gasteiger partial charge in [-0.2, -0.15) is 0 Å². The highest BCUT2D eigenvalue weighted by Crippen LogP contribution is 2.58. The van der Waals surface area contributed by atoms with Gasteiger partial charge in [0.05, 0.1) is 29.7 Å². The Kier molecular flexibility index (Phi) is 7.84. The third kappa shape index (κ3) is 5.27. The van der Waals surface area contributed by atoms with Crippen LogP contribution in [-0.2, 0) is 39.4 Å². The van der Waals surface area contributed by atoms with E-state index in [-0.39, 0.29) is 31.6 Å². The highest BCUT2D eigenvalue weighted by atomic mass is 19.1. The number of hydrogen-bond donors (Lipinski definition) is 1. The molecule has 1 N–H and O–H groups in total. The highest BCUT2D eigenvalue weighted by Gasteiger charge is 2.66. The lowest BCUT2D eigenvalue weighted by Gasteiger charge is -2.32. The summed E-state index contributed by atoms with van der Waals surface area (Å²) in [6.45, 7) is 5.68. The Hall–Kier alpha value is -4.61. The molecule has 4 heterocycles. The topological polar surface area (TPSA) is 110 Å². The Morgan fingerprint density at radius 2 is 1.74 bits per heavy atom. The molecule has 0 unspecified atom stereocenters. The normalized spacial score (nSPS) is 23.7. The van der Waals surface area contributed by atoms with Gasteiger partial charge >= 0.3 is 0 Å². The quantitative estimate of drug-likeness (QED) is 0.271. The SMILES string of the molecule is C[C@@H]1[C@@H](C(C)(C)F)[C@H](CCn2cc(CCO)nn2)O[C@@]12C(=O)N(Cc1ccc(N3C(=O)COc4ccccc43)cc1)c1ccccc12. The molecule has 47 heavy (non-hydrogen) atoms. The zero-order valence-electron chi connectivity index (χ0n) is 26.7. The summed E-state index contributed by atoms with van der Waals surface area (Å²) in [7, 11) is 0. The van der Waals surface area contributed by atoms with Crippen LogP contribution in [0.15, 0.2) is 79.0 Å². The standard InChI is InChI=1S/C36H38FN5O5/c1-23-33(35(2,3)37)31(16-18-40-21-25(17-19-43)38-39-40)47-36(23)27-8-4-5-9-28(27)41(34(36)45)20-24-12-14-26(15-13-24)42-29-10-6-7-11-30(29)46-22-32(42)44/h4-15,21,23,31,33,43H,16-20,22H2,1-3H3/t23-,31+,33-,36+/m1/s1. The van der Waals surface area contributed by atoms with Gasteiger partial charge < -0.3 is 19.5 Å². The summed E-state index contributed by atoms with van der Waals surface area (Å²) in [5.74, 6) is -0.749. The van der Waals surface area contributed by atoms with Gasteiger partial charge in [0, 0.05) is 48.9 Å². The lowest BCUT2D eigenvalue weighted by Crippen LogP contribution is -2.45. The molecular weight excluding hydrogens is 601 g/mol. The van der Waals surface area contributed by atoms with Crippen LogP contribution in [0.3, 0.4) is 0 Å². The third-order valence-electron chi connectivity index (χ3n) is 9.71. The summed E-state index contributed by atoms with van der Waals surface area (Å²) >= 11 is 0. The zero-order valence-corrected chi connectivity index (χ0v) is 26.7. The van der Waals surface area contributed by atoms with Crippen molar-refractivity contribution in [2.45, 2.75) is 64.1 Å². The molecule has 1 aromatic heterocycles. The molecule has 3 aromatic carbocycles. The van der Waals surface area contributed by atoms with Crippen molar-refractivity contribution < 1.29 is 28.6 Å². The van der Waals surface area contributed by atoms with Crippen LogP contribution in [0.4, 0.5) is 21.5 Å². The minimum absolute atomic E-state index is 0.0210. The third-order valence-corrected chi connectivity index (χ3v) is 9.71. The fourth-order valence-corrected chi connectivity index (χ4v) is 7.68. The number of nitrogens with zero attached hydrogens (tertiary/aromatic N) is 5. The lowest BCUT2D eigenvalue weighted by atomic mass is 9.71. The van der Waals surface area contributed by atoms with E-state index in [4.69, 9.17) is 9.47 Å². The summed E-state index contributed by atoms with van der Waals surface area (Å²) in [5.41, 5.74) is 1.46. The Balaban J connectivity index is 1.16. The van der Waals surface area contributed by atoms with E-state index in [0.29, 0.717) is 42.2 Å². The van der Waals surface area contributed by atoms with Gasteiger partial charge in [-0.05, 0) is 56.2 Å². The van der Waals surface area contributed by atoms with Gasteiger partial charge in [-0.15, -0.1) is 5.10 Å². The first-order valence-electron chi connectivity index (χ1n) is 16.0. The predicted molar refractivity (Wildman–Crippen MR) is 173 cm³/mol. The number of ether oxygens (including phenoxy) is 2. The number of anilines is 3. The van der Waals surface area contributed by atoms with Gasteiger partial charge in [0.25, 0.3) is 11.8 Å². The molecule has 4 aromatic rings. The van der Waals surface area contributed by atoms with Crippen LogP contribution in [0.2, 0.25) is 0 Å². The molecule has 0 aliphatic carbocycles. The fraction of sp³-hybridized carbons (Fsp3) is 0.389. The van der Waals surface area contributed by atoms with Gasteiger partial charge in [0.15, 0.2) is 12.2 Å². The van der Waals surface area contributed by atoms with E-state index in [1.807, 2.05) is 79.7 Å². The van der Waals surface area contributed by atoms with E-state index in [2.05, 4.69) is 10.3 Å². The number of rotatable bonds is 9. The molecule has 1 saturated heterocycles. The van der Waals surface area contributed by atoms with Crippen LogP contribution in [0, 0.1) is 11.8 Å². The van der Waals surface area contributed by atoms with E-state index in [0.717, 1.165) is 16.8 Å². The number of alkyl halides is 1. The monoisotopic (exact) mass is 639 g/mol. The van der Waals surface area contributed by atoms with Crippen molar-refractivity contribution in [1.29, 1.82) is 0 Å². The van der Waals surface area contributed by atoms with E-state index < -0.39 is 29.2 Å². The number of aromatic nitrogens is 3. The van der Waals surface area contributed by atoms with Crippen molar-refractivity contribution in [3.63, 3.8) is 0 Å². The minimum atomic E-state index is -1.62. The number of carbonyl (C=O) groups excluding carboxylic acids is 2. The maximum atomic E-state index is 16.0. The van der Waals surface area contributed by atoms with Crippen molar-refractivity contribution in [2.24, 2.45) is 11.8 Å². The number of aliphatic hydroxyl groups excluding tert-OH is 1. The van der Waals surface area contributed by atoms with Gasteiger partial charge in [0.2, 0.25) is 0 Å². The number of fused-ring (bicyclic) bond motifs is 3. The Morgan fingerprint density at radius 3 is 2.49 bits per heavy atom. The predicted octanol–water partition coefficient (Wildman–Crippen LogP) is 5.10. The van der Waals surface area contributed by atoms with Crippen molar-refractivity contribution in [1.82, 2.24) is 15.0 Å². The van der Waals surface area contributed by atoms with E-state index >= 15 is 4.39 Å². The van der Waals surface area contributed by atoms with E-state index in [1.54, 1.807) is 34.5 Å². The molecule has 1 fully saturated rings. The minimum Gasteiger partial charge on any atom is -0.482 e. The first-order valence-corrected chi connectivity index (χ1v) is 16.0. The lowest BCUT2D eigenvalue weighted by molar-refractivity contribution is -0.146. The van der Waals surface area contributed by atoms with Crippen molar-refractivity contribution in [3.05, 3.63) is 95.8 Å². The van der Waals surface area contributed by atoms with E-state index in [1.165, 1.54) is 0 Å². The number of amides is 2. The summed E-state index contributed by atoms with van der Waals surface area (Å²) in [6.07, 6.45) is 2.06. The number of carbonyl (C=O) groups is 2. The van der Waals surface area contributed by atoms with Crippen molar-refractivity contribution in [2.75, 3.05) is 23.0 Å². The smallest absolute Gasteiger partial charge is 0.269 e. The molecule has 244 valence electrons. The summed E-state index contributed by atoms with van der Waals surface area (Å²) in [5, 5.41) is 17.5. The molecule has 3 aliphatic rings. The average molecular weight is 640 g/mol. The second-order valence-corrected chi connectivity index (χ2v) is 13.1. The van der Waals surface area contributed by atoms with Crippen molar-refractivity contribution in [3.8, 4) is 5.75 Å². The molecule has 0 radical (unpaired) electrons. The molecule has 3 aliphatic heterocycles. The molecule has 11 heteroatoms. The molecule has 10 nitrogen and oxygen atoms in total. The second-order valence-electron chi connectivity index (χ2n) is 13.1. The molecule has 0 bridgehead atoms. The summed E-state index contributed by atoms with van der Waals surface area (Å²) in [6, 6.07) is 22.6.